The van der Waals surface area contributed by atoms with Crippen LogP contribution in [0.2, 0.25) is 0 Å². The molecule has 0 spiro atoms. The highest BCUT2D eigenvalue weighted by Crippen LogP contribution is 2.14. The van der Waals surface area contributed by atoms with Gasteiger partial charge in [-0.05, 0) is 37.1 Å². The van der Waals surface area contributed by atoms with Gasteiger partial charge in [-0.15, -0.1) is 0 Å². The molecule has 1 aliphatic heterocycles. The predicted molar refractivity (Wildman–Crippen MR) is 102 cm³/mol. The lowest BCUT2D eigenvalue weighted by Crippen LogP contribution is -2.51. The molecular formula is C20H31N3O3. The number of methoxy groups -OCH3 is 1. The van der Waals surface area contributed by atoms with Gasteiger partial charge in [0.2, 0.25) is 5.91 Å². The third-order valence-electron chi connectivity index (χ3n) is 5.08. The predicted octanol–water partition coefficient (Wildman–Crippen LogP) is 2.01. The number of carbonyl (C=O) groups excluding carboxylic acids is 2. The third-order valence-corrected chi connectivity index (χ3v) is 5.08. The second-order valence-electron chi connectivity index (χ2n) is 6.66. The molecule has 0 radical (unpaired) electrons. The molecule has 1 saturated heterocycles. The Kier molecular flexibility index (Phi) is 7.91. The molecule has 0 saturated carbocycles. The van der Waals surface area contributed by atoms with Gasteiger partial charge in [0.05, 0.1) is 7.11 Å². The summed E-state index contributed by atoms with van der Waals surface area (Å²) in [6, 6.07) is 7.09. The maximum absolute atomic E-state index is 12.4. The molecule has 1 fully saturated rings. The summed E-state index contributed by atoms with van der Waals surface area (Å²) in [6.07, 6.45) is 1.82. The molecule has 0 unspecified atom stereocenters. The first-order valence-corrected chi connectivity index (χ1v) is 9.52. The van der Waals surface area contributed by atoms with Gasteiger partial charge in [-0.1, -0.05) is 13.8 Å². The van der Waals surface area contributed by atoms with Crippen molar-refractivity contribution in [1.82, 2.24) is 15.1 Å². The fourth-order valence-electron chi connectivity index (χ4n) is 3.26. The van der Waals surface area contributed by atoms with Crippen LogP contribution in [0.15, 0.2) is 24.3 Å². The summed E-state index contributed by atoms with van der Waals surface area (Å²) in [4.78, 5) is 28.8. The number of nitrogens with one attached hydrogen (secondary N) is 1. The van der Waals surface area contributed by atoms with E-state index in [9.17, 15) is 9.59 Å². The molecule has 1 aliphatic rings. The number of amides is 2. The van der Waals surface area contributed by atoms with Crippen LogP contribution < -0.4 is 10.1 Å². The highest BCUT2D eigenvalue weighted by molar-refractivity contribution is 5.94. The van der Waals surface area contributed by atoms with Gasteiger partial charge in [-0.2, -0.15) is 0 Å². The summed E-state index contributed by atoms with van der Waals surface area (Å²) in [6.45, 7) is 8.85. The molecule has 2 rings (SSSR count). The van der Waals surface area contributed by atoms with Gasteiger partial charge in [-0.25, -0.2) is 0 Å². The smallest absolute Gasteiger partial charge is 0.251 e. The van der Waals surface area contributed by atoms with E-state index in [1.54, 1.807) is 31.4 Å². The molecule has 1 heterocycles. The lowest BCUT2D eigenvalue weighted by Gasteiger charge is -2.36. The zero-order valence-electron chi connectivity index (χ0n) is 16.2. The minimum absolute atomic E-state index is 0.0739. The maximum atomic E-state index is 12.4. The summed E-state index contributed by atoms with van der Waals surface area (Å²) in [5.74, 6) is 1.12. The highest BCUT2D eigenvalue weighted by atomic mass is 16.5. The van der Waals surface area contributed by atoms with Crippen LogP contribution in [-0.2, 0) is 4.79 Å². The minimum Gasteiger partial charge on any atom is -0.497 e. The fraction of sp³-hybridized carbons (Fsp3) is 0.600. The molecule has 1 aromatic rings. The number of hydrogen-bond acceptors (Lipinski definition) is 4. The van der Waals surface area contributed by atoms with Crippen molar-refractivity contribution in [3.05, 3.63) is 29.8 Å². The van der Waals surface area contributed by atoms with Gasteiger partial charge in [0.15, 0.2) is 0 Å². The minimum atomic E-state index is -0.0739. The molecule has 2 amide bonds. The van der Waals surface area contributed by atoms with Crippen molar-refractivity contribution < 1.29 is 14.3 Å². The number of ether oxygens (including phenoxy) is 1. The monoisotopic (exact) mass is 361 g/mol. The summed E-state index contributed by atoms with van der Waals surface area (Å²) in [7, 11) is 1.60. The Bertz CT molecular complexity index is 576. The van der Waals surface area contributed by atoms with E-state index >= 15 is 0 Å². The van der Waals surface area contributed by atoms with E-state index in [1.807, 2.05) is 4.90 Å². The van der Waals surface area contributed by atoms with Gasteiger partial charge in [0, 0.05) is 50.7 Å². The average Bonchev–Trinajstić information content (AvgIpc) is 2.69. The van der Waals surface area contributed by atoms with Crippen LogP contribution in [-0.4, -0.2) is 68.0 Å². The molecule has 1 aromatic carbocycles. The lowest BCUT2D eigenvalue weighted by atomic mass is 10.0. The van der Waals surface area contributed by atoms with Crippen LogP contribution in [0.3, 0.4) is 0 Å². The van der Waals surface area contributed by atoms with Crippen molar-refractivity contribution >= 4 is 11.8 Å². The van der Waals surface area contributed by atoms with Crippen molar-refractivity contribution in [2.75, 3.05) is 46.4 Å². The fourth-order valence-corrected chi connectivity index (χ4v) is 3.26. The van der Waals surface area contributed by atoms with Crippen LogP contribution >= 0.6 is 0 Å². The average molecular weight is 361 g/mol. The number of piperazine rings is 1. The SMILES string of the molecule is CCC(CC)C(=O)N1CCN(CCNC(=O)c2ccc(OC)cc2)CC1. The van der Waals surface area contributed by atoms with Gasteiger partial charge >= 0.3 is 0 Å². The van der Waals surface area contributed by atoms with Crippen LogP contribution in [0, 0.1) is 5.92 Å². The molecule has 0 atom stereocenters. The van der Waals surface area contributed by atoms with E-state index in [4.69, 9.17) is 4.74 Å². The van der Waals surface area contributed by atoms with Crippen LogP contribution in [0.1, 0.15) is 37.0 Å². The van der Waals surface area contributed by atoms with E-state index in [0.717, 1.165) is 51.3 Å². The Hall–Kier alpha value is -2.08. The van der Waals surface area contributed by atoms with Crippen molar-refractivity contribution in [3.63, 3.8) is 0 Å². The molecule has 0 bridgehead atoms. The number of hydrogen-bond donors (Lipinski definition) is 1. The van der Waals surface area contributed by atoms with Crippen molar-refractivity contribution in [1.29, 1.82) is 0 Å². The molecular weight excluding hydrogens is 330 g/mol. The van der Waals surface area contributed by atoms with E-state index in [1.165, 1.54) is 0 Å². The quantitative estimate of drug-likeness (QED) is 0.769. The number of carbonyl (C=O) groups is 2. The van der Waals surface area contributed by atoms with E-state index < -0.39 is 0 Å². The first-order valence-electron chi connectivity index (χ1n) is 9.52. The zero-order chi connectivity index (χ0) is 18.9. The summed E-state index contributed by atoms with van der Waals surface area (Å²) in [5.41, 5.74) is 0.631. The third kappa shape index (κ3) is 5.46. The van der Waals surface area contributed by atoms with Crippen molar-refractivity contribution in [2.45, 2.75) is 26.7 Å². The number of rotatable bonds is 8. The lowest BCUT2D eigenvalue weighted by molar-refractivity contribution is -0.137. The standard InChI is InChI=1S/C20H31N3O3/c1-4-16(5-2)20(25)23-14-12-22(13-15-23)11-10-21-19(24)17-6-8-18(26-3)9-7-17/h6-9,16H,4-5,10-15H2,1-3H3,(H,21,24). The molecule has 1 N–H and O–H groups in total. The first-order chi connectivity index (χ1) is 12.6. The molecule has 6 nitrogen and oxygen atoms in total. The van der Waals surface area contributed by atoms with Gasteiger partial charge in [0.1, 0.15) is 5.75 Å². The van der Waals surface area contributed by atoms with Crippen molar-refractivity contribution in [3.8, 4) is 5.75 Å². The van der Waals surface area contributed by atoms with Gasteiger partial charge in [-0.3, -0.25) is 14.5 Å². The molecule has 6 heteroatoms. The Morgan fingerprint density at radius 2 is 1.69 bits per heavy atom. The Balaban J connectivity index is 1.69. The summed E-state index contributed by atoms with van der Waals surface area (Å²) >= 11 is 0. The molecule has 26 heavy (non-hydrogen) atoms. The second kappa shape index (κ2) is 10.2. The van der Waals surface area contributed by atoms with E-state index in [-0.39, 0.29) is 11.8 Å². The maximum Gasteiger partial charge on any atom is 0.251 e. The highest BCUT2D eigenvalue weighted by Gasteiger charge is 2.25. The largest absolute Gasteiger partial charge is 0.497 e. The van der Waals surface area contributed by atoms with Crippen LogP contribution in [0.25, 0.3) is 0 Å². The summed E-state index contributed by atoms with van der Waals surface area (Å²) in [5, 5.41) is 2.95. The van der Waals surface area contributed by atoms with Crippen LogP contribution in [0.5, 0.6) is 5.75 Å². The number of nitrogens with zero attached hydrogens (tertiary/aromatic N) is 2. The van der Waals surface area contributed by atoms with Crippen molar-refractivity contribution in [2.24, 2.45) is 5.92 Å². The Morgan fingerprint density at radius 1 is 1.08 bits per heavy atom. The first kappa shape index (κ1) is 20.2. The zero-order valence-corrected chi connectivity index (χ0v) is 16.2. The number of benzene rings is 1. The van der Waals surface area contributed by atoms with E-state index in [0.29, 0.717) is 18.0 Å². The molecule has 0 aromatic heterocycles. The van der Waals surface area contributed by atoms with Gasteiger partial charge < -0.3 is 15.0 Å². The Morgan fingerprint density at radius 3 is 2.23 bits per heavy atom. The summed E-state index contributed by atoms with van der Waals surface area (Å²) < 4.78 is 5.10. The van der Waals surface area contributed by atoms with E-state index in [2.05, 4.69) is 24.1 Å². The molecule has 144 valence electrons. The van der Waals surface area contributed by atoms with Crippen LogP contribution in [0.4, 0.5) is 0 Å². The normalized spacial score (nSPS) is 15.2. The second-order valence-corrected chi connectivity index (χ2v) is 6.66. The Labute approximate surface area is 156 Å². The topological polar surface area (TPSA) is 61.9 Å². The van der Waals surface area contributed by atoms with Gasteiger partial charge in [0.25, 0.3) is 5.91 Å². The molecule has 0 aliphatic carbocycles.